The Morgan fingerprint density at radius 1 is 0.973 bits per heavy atom. The van der Waals surface area contributed by atoms with Gasteiger partial charge in [-0.3, -0.25) is 14.4 Å². The average molecular weight is 532 g/mol. The maximum Gasteiger partial charge on any atom is 0.247 e. The molecule has 4 heterocycles. The summed E-state index contributed by atoms with van der Waals surface area (Å²) < 4.78 is -0.751. The molecule has 0 bridgehead atoms. The number of hydrogen-bond donors (Lipinski definition) is 1. The van der Waals surface area contributed by atoms with Crippen molar-refractivity contribution in [2.24, 2.45) is 17.3 Å². The third kappa shape index (κ3) is 5.12. The summed E-state index contributed by atoms with van der Waals surface area (Å²) in [5.41, 5.74) is -0.350. The number of hydrogen-bond acceptors (Lipinski definition) is 5. The molecule has 8 heteroatoms. The van der Waals surface area contributed by atoms with Gasteiger partial charge in [0.1, 0.15) is 6.04 Å². The van der Waals surface area contributed by atoms with Crippen LogP contribution in [0.3, 0.4) is 0 Å². The highest BCUT2D eigenvalue weighted by Crippen LogP contribution is 2.61. The Hall–Kier alpha value is -1.80. The standard InChI is InChI=1S/C29H45N3O4S/c1-27(2,3)19-28(4,5)32-17-12-14-29-22(21-20(37-29)13-11-15-30(6)24(21)34)25(35)31(23(29)26(32)36)16-9-7-8-10-18-33/h11-14,20-23,33H,7-10,15-19H2,1-6H3/t20-,21+,22+,23?,29+/m1/s1. The van der Waals surface area contributed by atoms with Crippen molar-refractivity contribution >= 4 is 29.5 Å². The Morgan fingerprint density at radius 2 is 1.68 bits per heavy atom. The molecule has 3 amide bonds. The number of nitrogens with zero attached hydrogens (tertiary/aromatic N) is 3. The van der Waals surface area contributed by atoms with Gasteiger partial charge in [0.05, 0.1) is 16.6 Å². The van der Waals surface area contributed by atoms with E-state index in [9.17, 15) is 14.4 Å². The summed E-state index contributed by atoms with van der Waals surface area (Å²) in [5.74, 6) is -1.07. The lowest BCUT2D eigenvalue weighted by molar-refractivity contribution is -0.146. The monoisotopic (exact) mass is 531 g/mol. The number of aliphatic hydroxyl groups is 1. The van der Waals surface area contributed by atoms with E-state index in [0.717, 1.165) is 32.1 Å². The van der Waals surface area contributed by atoms with Crippen LogP contribution in [0.15, 0.2) is 24.3 Å². The summed E-state index contributed by atoms with van der Waals surface area (Å²) in [7, 11) is 1.80. The number of likely N-dealkylation sites (N-methyl/N-ethyl adjacent to an activating group) is 1. The van der Waals surface area contributed by atoms with Crippen LogP contribution in [-0.4, -0.2) is 92.4 Å². The largest absolute Gasteiger partial charge is 0.396 e. The van der Waals surface area contributed by atoms with E-state index < -0.39 is 22.6 Å². The molecule has 0 aromatic heterocycles. The molecule has 1 N–H and O–H groups in total. The first-order chi connectivity index (χ1) is 17.3. The van der Waals surface area contributed by atoms with E-state index >= 15 is 0 Å². The second-order valence-corrected chi connectivity index (χ2v) is 14.5. The molecule has 0 aromatic rings. The van der Waals surface area contributed by atoms with Crippen molar-refractivity contribution in [3.63, 3.8) is 0 Å². The molecule has 0 aliphatic carbocycles. The fourth-order valence-electron chi connectivity index (χ4n) is 7.19. The van der Waals surface area contributed by atoms with Gasteiger partial charge in [0, 0.05) is 44.1 Å². The van der Waals surface area contributed by atoms with E-state index in [1.165, 1.54) is 0 Å². The van der Waals surface area contributed by atoms with Crippen LogP contribution in [0.5, 0.6) is 0 Å². The zero-order valence-corrected chi connectivity index (χ0v) is 24.2. The van der Waals surface area contributed by atoms with Gasteiger partial charge in [-0.1, -0.05) is 57.9 Å². The Balaban J connectivity index is 1.73. The molecule has 4 aliphatic heterocycles. The number of carbonyl (C=O) groups excluding carboxylic acids is 3. The maximum absolute atomic E-state index is 14.5. The summed E-state index contributed by atoms with van der Waals surface area (Å²) in [6.07, 6.45) is 12.4. The van der Waals surface area contributed by atoms with Crippen molar-refractivity contribution < 1.29 is 19.5 Å². The molecule has 2 fully saturated rings. The Labute approximate surface area is 226 Å². The maximum atomic E-state index is 14.5. The summed E-state index contributed by atoms with van der Waals surface area (Å²) in [4.78, 5) is 47.8. The zero-order chi connectivity index (χ0) is 27.2. The number of rotatable bonds is 8. The van der Waals surface area contributed by atoms with Crippen molar-refractivity contribution in [3.8, 4) is 0 Å². The first kappa shape index (κ1) is 28.2. The van der Waals surface area contributed by atoms with Crippen molar-refractivity contribution in [1.29, 1.82) is 0 Å². The number of fused-ring (bicyclic) bond motifs is 2. The minimum atomic E-state index is -0.751. The lowest BCUT2D eigenvalue weighted by Crippen LogP contribution is -2.58. The molecular formula is C29H45N3O4S. The highest BCUT2D eigenvalue weighted by Gasteiger charge is 2.71. The van der Waals surface area contributed by atoms with Crippen molar-refractivity contribution in [1.82, 2.24) is 14.7 Å². The van der Waals surface area contributed by atoms with Crippen molar-refractivity contribution in [2.45, 2.75) is 88.3 Å². The molecule has 5 atom stereocenters. The fourth-order valence-corrected chi connectivity index (χ4v) is 9.20. The van der Waals surface area contributed by atoms with Gasteiger partial charge in [0.15, 0.2) is 0 Å². The summed E-state index contributed by atoms with van der Waals surface area (Å²) in [6.45, 7) is 12.5. The SMILES string of the molecule is CN1CC=C[C@H]2S[C@]34C=CCN(C(C)(C)CC(C)(C)C)C(=O)C3N(CCCCCCO)C(=O)[C@@H]4[C@H]2C1=O. The molecule has 2 saturated heterocycles. The van der Waals surface area contributed by atoms with Crippen LogP contribution < -0.4 is 0 Å². The molecule has 206 valence electrons. The van der Waals surface area contributed by atoms with Gasteiger partial charge in [0.25, 0.3) is 0 Å². The minimum absolute atomic E-state index is 0.000740. The predicted molar refractivity (Wildman–Crippen MR) is 148 cm³/mol. The molecular weight excluding hydrogens is 486 g/mol. The van der Waals surface area contributed by atoms with Crippen LogP contribution >= 0.6 is 11.8 Å². The number of aliphatic hydroxyl groups excluding tert-OH is 1. The first-order valence-corrected chi connectivity index (χ1v) is 14.7. The number of unbranched alkanes of at least 4 members (excludes halogenated alkanes) is 3. The quantitative estimate of drug-likeness (QED) is 0.383. The lowest BCUT2D eigenvalue weighted by atomic mass is 9.77. The number of thioether (sulfide) groups is 1. The van der Waals surface area contributed by atoms with Gasteiger partial charge < -0.3 is 19.8 Å². The van der Waals surface area contributed by atoms with E-state index in [1.807, 2.05) is 15.9 Å². The molecule has 1 unspecified atom stereocenters. The fraction of sp³-hybridized carbons (Fsp3) is 0.759. The molecule has 0 radical (unpaired) electrons. The van der Waals surface area contributed by atoms with Crippen molar-refractivity contribution in [2.75, 3.05) is 33.3 Å². The molecule has 4 aliphatic rings. The Morgan fingerprint density at radius 3 is 2.35 bits per heavy atom. The van der Waals surface area contributed by atoms with Crippen LogP contribution in [0.2, 0.25) is 0 Å². The van der Waals surface area contributed by atoms with Crippen molar-refractivity contribution in [3.05, 3.63) is 24.3 Å². The Kier molecular flexibility index (Phi) is 7.93. The van der Waals surface area contributed by atoms with Crippen LogP contribution in [0.4, 0.5) is 0 Å². The number of amides is 3. The van der Waals surface area contributed by atoms with Gasteiger partial charge in [-0.05, 0) is 38.5 Å². The second kappa shape index (κ2) is 10.4. The zero-order valence-electron chi connectivity index (χ0n) is 23.4. The molecule has 1 spiro atoms. The molecule has 4 rings (SSSR count). The van der Waals surface area contributed by atoms with E-state index in [-0.39, 0.29) is 40.5 Å². The minimum Gasteiger partial charge on any atom is -0.396 e. The molecule has 0 saturated carbocycles. The molecule has 0 aromatic carbocycles. The van der Waals surface area contributed by atoms with Crippen LogP contribution in [0, 0.1) is 17.3 Å². The predicted octanol–water partition coefficient (Wildman–Crippen LogP) is 3.48. The summed E-state index contributed by atoms with van der Waals surface area (Å²) in [6, 6.07) is -0.621. The summed E-state index contributed by atoms with van der Waals surface area (Å²) in [5, 5.41) is 9.03. The van der Waals surface area contributed by atoms with Crippen LogP contribution in [0.25, 0.3) is 0 Å². The number of carbonyl (C=O) groups is 3. The van der Waals surface area contributed by atoms with Gasteiger partial charge in [-0.2, -0.15) is 0 Å². The van der Waals surface area contributed by atoms with E-state index in [1.54, 1.807) is 23.7 Å². The van der Waals surface area contributed by atoms with Crippen LogP contribution in [0.1, 0.15) is 66.7 Å². The van der Waals surface area contributed by atoms with Gasteiger partial charge in [-0.15, -0.1) is 11.8 Å². The van der Waals surface area contributed by atoms with Crippen LogP contribution in [-0.2, 0) is 14.4 Å². The average Bonchev–Trinajstić information content (AvgIpc) is 3.10. The normalized spacial score (nSPS) is 32.0. The first-order valence-electron chi connectivity index (χ1n) is 13.8. The third-order valence-electron chi connectivity index (χ3n) is 8.36. The van der Waals surface area contributed by atoms with Gasteiger partial charge >= 0.3 is 0 Å². The van der Waals surface area contributed by atoms with Gasteiger partial charge in [0.2, 0.25) is 17.7 Å². The highest BCUT2D eigenvalue weighted by molar-refractivity contribution is 8.02. The molecule has 37 heavy (non-hydrogen) atoms. The third-order valence-corrected chi connectivity index (χ3v) is 10.1. The highest BCUT2D eigenvalue weighted by atomic mass is 32.2. The molecule has 7 nitrogen and oxygen atoms in total. The van der Waals surface area contributed by atoms with E-state index in [0.29, 0.717) is 19.6 Å². The lowest BCUT2D eigenvalue weighted by Gasteiger charge is -2.44. The second-order valence-electron chi connectivity index (χ2n) is 13.1. The van der Waals surface area contributed by atoms with E-state index in [4.69, 9.17) is 5.11 Å². The summed E-state index contributed by atoms with van der Waals surface area (Å²) >= 11 is 1.65. The smallest absolute Gasteiger partial charge is 0.247 e. The Bertz CT molecular complexity index is 971. The topological polar surface area (TPSA) is 81.2 Å². The number of likely N-dealkylation sites (tertiary alicyclic amines) is 1. The van der Waals surface area contributed by atoms with Gasteiger partial charge in [-0.25, -0.2) is 0 Å². The van der Waals surface area contributed by atoms with E-state index in [2.05, 4.69) is 52.8 Å².